The summed E-state index contributed by atoms with van der Waals surface area (Å²) in [6.45, 7) is 2.54. The van der Waals surface area contributed by atoms with Crippen molar-refractivity contribution in [3.63, 3.8) is 0 Å². The normalized spacial score (nSPS) is 16.4. The van der Waals surface area contributed by atoms with Crippen LogP contribution in [-0.4, -0.2) is 61.1 Å². The molecule has 0 saturated heterocycles. The standard InChI is InChI=1S/C18H21N3O5/c1-3-21-14-5-4-12(8-11(14)9-15(21)23)19-16-13(18(25)26-2)10-20(6-7-22)17(16)24/h4-5,8,19,22H,3,6-7,9-10H2,1-2H3. The molecule has 0 saturated carbocycles. The van der Waals surface area contributed by atoms with E-state index in [-0.39, 0.29) is 42.8 Å². The number of rotatable bonds is 6. The molecule has 26 heavy (non-hydrogen) atoms. The van der Waals surface area contributed by atoms with Crippen molar-refractivity contribution in [2.24, 2.45) is 0 Å². The van der Waals surface area contributed by atoms with Crippen LogP contribution in [0.3, 0.4) is 0 Å². The number of ether oxygens (including phenoxy) is 1. The summed E-state index contributed by atoms with van der Waals surface area (Å²) in [7, 11) is 1.26. The first-order chi connectivity index (χ1) is 12.5. The summed E-state index contributed by atoms with van der Waals surface area (Å²) >= 11 is 0. The van der Waals surface area contributed by atoms with Crippen molar-refractivity contribution < 1.29 is 24.2 Å². The Balaban J connectivity index is 1.89. The number of carbonyl (C=O) groups is 3. The van der Waals surface area contributed by atoms with Crippen LogP contribution in [0.1, 0.15) is 12.5 Å². The van der Waals surface area contributed by atoms with Gasteiger partial charge < -0.3 is 25.0 Å². The molecule has 138 valence electrons. The van der Waals surface area contributed by atoms with Gasteiger partial charge in [-0.3, -0.25) is 9.59 Å². The molecular formula is C18H21N3O5. The summed E-state index contributed by atoms with van der Waals surface area (Å²) in [5.41, 5.74) is 2.72. The number of likely N-dealkylation sites (N-methyl/N-ethyl adjacent to an activating group) is 1. The van der Waals surface area contributed by atoms with Crippen molar-refractivity contribution in [1.29, 1.82) is 0 Å². The van der Waals surface area contributed by atoms with Gasteiger partial charge in [-0.15, -0.1) is 0 Å². The molecule has 2 heterocycles. The number of aliphatic hydroxyl groups excluding tert-OH is 1. The van der Waals surface area contributed by atoms with Gasteiger partial charge in [-0.25, -0.2) is 4.79 Å². The highest BCUT2D eigenvalue weighted by Gasteiger charge is 2.34. The van der Waals surface area contributed by atoms with Gasteiger partial charge in [0.2, 0.25) is 5.91 Å². The van der Waals surface area contributed by atoms with Crippen LogP contribution in [0.2, 0.25) is 0 Å². The number of hydrogen-bond acceptors (Lipinski definition) is 6. The number of β-amino-alcohol motifs (C(OH)–C–C–N with tert-alkyl or cyclic N) is 1. The number of methoxy groups -OCH3 is 1. The van der Waals surface area contributed by atoms with Crippen LogP contribution in [0.5, 0.6) is 0 Å². The molecule has 0 fully saturated rings. The summed E-state index contributed by atoms with van der Waals surface area (Å²) in [6.07, 6.45) is 0.312. The maximum atomic E-state index is 12.5. The van der Waals surface area contributed by atoms with Crippen molar-refractivity contribution in [2.45, 2.75) is 13.3 Å². The van der Waals surface area contributed by atoms with E-state index in [4.69, 9.17) is 9.84 Å². The minimum absolute atomic E-state index is 0.0418. The molecular weight excluding hydrogens is 338 g/mol. The number of carbonyl (C=O) groups excluding carboxylic acids is 3. The van der Waals surface area contributed by atoms with Crippen molar-refractivity contribution in [3.05, 3.63) is 35.0 Å². The number of nitrogens with one attached hydrogen (secondary N) is 1. The van der Waals surface area contributed by atoms with E-state index >= 15 is 0 Å². The molecule has 1 aromatic carbocycles. The third-order valence-electron chi connectivity index (χ3n) is 4.55. The number of fused-ring (bicyclic) bond motifs is 1. The van der Waals surface area contributed by atoms with Gasteiger partial charge in [-0.1, -0.05) is 0 Å². The van der Waals surface area contributed by atoms with Crippen LogP contribution in [-0.2, 0) is 25.5 Å². The lowest BCUT2D eigenvalue weighted by molar-refractivity contribution is -0.136. The molecule has 0 atom stereocenters. The number of esters is 1. The highest BCUT2D eigenvalue weighted by atomic mass is 16.5. The molecule has 8 heteroatoms. The Hall–Kier alpha value is -2.87. The van der Waals surface area contributed by atoms with Gasteiger partial charge in [0.25, 0.3) is 5.91 Å². The topological polar surface area (TPSA) is 99.2 Å². The molecule has 0 aromatic heterocycles. The lowest BCUT2D eigenvalue weighted by atomic mass is 10.1. The number of benzene rings is 1. The molecule has 2 aliphatic rings. The molecule has 2 amide bonds. The summed E-state index contributed by atoms with van der Waals surface area (Å²) < 4.78 is 4.76. The molecule has 2 N–H and O–H groups in total. The fourth-order valence-corrected chi connectivity index (χ4v) is 3.30. The van der Waals surface area contributed by atoms with Gasteiger partial charge >= 0.3 is 5.97 Å². The number of hydrogen-bond donors (Lipinski definition) is 2. The number of aliphatic hydroxyl groups is 1. The number of anilines is 2. The molecule has 0 bridgehead atoms. The molecule has 0 aliphatic carbocycles. The largest absolute Gasteiger partial charge is 0.466 e. The van der Waals surface area contributed by atoms with Crippen LogP contribution < -0.4 is 10.2 Å². The monoisotopic (exact) mass is 359 g/mol. The van der Waals surface area contributed by atoms with Crippen LogP contribution in [0.25, 0.3) is 0 Å². The van der Waals surface area contributed by atoms with E-state index in [0.29, 0.717) is 18.7 Å². The number of amides is 2. The van der Waals surface area contributed by atoms with Crippen LogP contribution in [0.15, 0.2) is 29.5 Å². The van der Waals surface area contributed by atoms with Gasteiger partial charge in [-0.05, 0) is 30.7 Å². The maximum absolute atomic E-state index is 12.5. The minimum Gasteiger partial charge on any atom is -0.466 e. The second kappa shape index (κ2) is 7.17. The average Bonchev–Trinajstić information content (AvgIpc) is 3.11. The first kappa shape index (κ1) is 17.9. The molecule has 3 rings (SSSR count). The Morgan fingerprint density at radius 3 is 2.77 bits per heavy atom. The van der Waals surface area contributed by atoms with Crippen molar-refractivity contribution in [2.75, 3.05) is 43.6 Å². The second-order valence-corrected chi connectivity index (χ2v) is 6.08. The van der Waals surface area contributed by atoms with Crippen molar-refractivity contribution in [3.8, 4) is 0 Å². The van der Waals surface area contributed by atoms with Crippen LogP contribution >= 0.6 is 0 Å². The van der Waals surface area contributed by atoms with E-state index in [1.54, 1.807) is 11.0 Å². The van der Waals surface area contributed by atoms with Crippen LogP contribution in [0, 0.1) is 0 Å². The first-order valence-electron chi connectivity index (χ1n) is 8.42. The SMILES string of the molecule is CCN1C(=O)Cc2cc(NC3=C(C(=O)OC)CN(CCO)C3=O)ccc21. The lowest BCUT2D eigenvalue weighted by Crippen LogP contribution is -2.31. The van der Waals surface area contributed by atoms with Gasteiger partial charge in [0.05, 0.1) is 32.3 Å². The Labute approximate surface area is 151 Å². The zero-order valence-electron chi connectivity index (χ0n) is 14.7. The Morgan fingerprint density at radius 2 is 2.12 bits per heavy atom. The predicted octanol–water partition coefficient (Wildman–Crippen LogP) is 0.269. The Kier molecular flexibility index (Phi) is 4.94. The number of nitrogens with zero attached hydrogens (tertiary/aromatic N) is 2. The zero-order chi connectivity index (χ0) is 18.8. The van der Waals surface area contributed by atoms with E-state index in [1.165, 1.54) is 12.0 Å². The highest BCUT2D eigenvalue weighted by Crippen LogP contribution is 2.32. The minimum atomic E-state index is -0.588. The van der Waals surface area contributed by atoms with Gasteiger partial charge in [-0.2, -0.15) is 0 Å². The molecule has 8 nitrogen and oxygen atoms in total. The van der Waals surface area contributed by atoms with Gasteiger partial charge in [0, 0.05) is 24.5 Å². The smallest absolute Gasteiger partial charge is 0.337 e. The van der Waals surface area contributed by atoms with E-state index < -0.39 is 5.97 Å². The molecule has 0 radical (unpaired) electrons. The van der Waals surface area contributed by atoms with Crippen LogP contribution in [0.4, 0.5) is 11.4 Å². The first-order valence-corrected chi connectivity index (χ1v) is 8.42. The summed E-state index contributed by atoms with van der Waals surface area (Å²) in [6, 6.07) is 5.41. The Bertz CT molecular complexity index is 802. The van der Waals surface area contributed by atoms with E-state index in [1.807, 2.05) is 19.1 Å². The fraction of sp³-hybridized carbons (Fsp3) is 0.389. The molecule has 0 spiro atoms. The maximum Gasteiger partial charge on any atom is 0.337 e. The van der Waals surface area contributed by atoms with Gasteiger partial charge in [0.15, 0.2) is 0 Å². The predicted molar refractivity (Wildman–Crippen MR) is 94.5 cm³/mol. The van der Waals surface area contributed by atoms with Crippen molar-refractivity contribution >= 4 is 29.2 Å². The van der Waals surface area contributed by atoms with E-state index in [2.05, 4.69) is 5.32 Å². The van der Waals surface area contributed by atoms with Gasteiger partial charge in [0.1, 0.15) is 5.70 Å². The summed E-state index contributed by atoms with van der Waals surface area (Å²) in [5.74, 6) is -0.916. The molecule has 0 unspecified atom stereocenters. The Morgan fingerprint density at radius 1 is 1.35 bits per heavy atom. The highest BCUT2D eigenvalue weighted by molar-refractivity contribution is 6.08. The second-order valence-electron chi connectivity index (χ2n) is 6.08. The van der Waals surface area contributed by atoms with Crippen molar-refractivity contribution in [1.82, 2.24) is 4.90 Å². The third kappa shape index (κ3) is 3.03. The molecule has 2 aliphatic heterocycles. The van der Waals surface area contributed by atoms with E-state index in [9.17, 15) is 14.4 Å². The summed E-state index contributed by atoms with van der Waals surface area (Å²) in [5, 5.41) is 12.1. The quantitative estimate of drug-likeness (QED) is 0.708. The third-order valence-corrected chi connectivity index (χ3v) is 4.55. The average molecular weight is 359 g/mol. The fourth-order valence-electron chi connectivity index (χ4n) is 3.30. The summed E-state index contributed by atoms with van der Waals surface area (Å²) in [4.78, 5) is 39.7. The van der Waals surface area contributed by atoms with E-state index in [0.717, 1.165) is 11.3 Å². The lowest BCUT2D eigenvalue weighted by Gasteiger charge is -2.16. The molecule has 1 aromatic rings. The zero-order valence-corrected chi connectivity index (χ0v) is 14.7.